The van der Waals surface area contributed by atoms with Gasteiger partial charge in [0.05, 0.1) is 11.4 Å². The highest BCUT2D eigenvalue weighted by Gasteiger charge is 2.26. The third kappa shape index (κ3) is 3.93. The Morgan fingerprint density at radius 1 is 0.786 bits per heavy atom. The van der Waals surface area contributed by atoms with Gasteiger partial charge in [0, 0.05) is 0 Å². The molecule has 4 rings (SSSR count). The Labute approximate surface area is 167 Å². The number of hydrogen-bond acceptors (Lipinski definition) is 4. The van der Waals surface area contributed by atoms with Crippen LogP contribution in [0.1, 0.15) is 31.1 Å². The van der Waals surface area contributed by atoms with Crippen molar-refractivity contribution in [2.75, 3.05) is 16.7 Å². The van der Waals surface area contributed by atoms with Gasteiger partial charge in [0.15, 0.2) is 0 Å². The van der Waals surface area contributed by atoms with Crippen molar-refractivity contribution in [3.05, 3.63) is 102 Å². The Balaban J connectivity index is 1.64. The quantitative estimate of drug-likeness (QED) is 0.669. The molecule has 1 aliphatic rings. The number of allylic oxidation sites excluding steroid dienone is 2. The predicted molar refractivity (Wildman–Crippen MR) is 117 cm³/mol. The summed E-state index contributed by atoms with van der Waals surface area (Å²) in [6.45, 7) is 4.91. The Bertz CT molecular complexity index is 872. The Morgan fingerprint density at radius 3 is 1.75 bits per heavy atom. The van der Waals surface area contributed by atoms with E-state index in [1.54, 1.807) is 0 Å². The lowest BCUT2D eigenvalue weighted by Gasteiger charge is -2.43. The fourth-order valence-corrected chi connectivity index (χ4v) is 3.35. The van der Waals surface area contributed by atoms with E-state index in [1.807, 2.05) is 12.1 Å². The molecule has 0 unspecified atom stereocenters. The molecule has 1 fully saturated rings. The van der Waals surface area contributed by atoms with Gasteiger partial charge in [-0.2, -0.15) is 0 Å². The van der Waals surface area contributed by atoms with Crippen molar-refractivity contribution in [3.63, 3.8) is 0 Å². The second kappa shape index (κ2) is 8.30. The highest BCUT2D eigenvalue weighted by atomic mass is 15.7. The van der Waals surface area contributed by atoms with Gasteiger partial charge < -0.3 is 0 Å². The van der Waals surface area contributed by atoms with Crippen LogP contribution in [-0.2, 0) is 0 Å². The molecule has 1 aliphatic heterocycles. The molecule has 3 aromatic rings. The molecule has 0 aliphatic carbocycles. The zero-order valence-electron chi connectivity index (χ0n) is 16.3. The summed E-state index contributed by atoms with van der Waals surface area (Å²) in [6, 6.07) is 29.6. The molecule has 0 aromatic heterocycles. The van der Waals surface area contributed by atoms with Crippen LogP contribution in [0.4, 0.5) is 11.4 Å². The Kier molecular flexibility index (Phi) is 5.42. The summed E-state index contributed by atoms with van der Waals surface area (Å²) in [5.41, 5.74) is 13.2. The number of hydrogen-bond donors (Lipinski definition) is 2. The SMILES string of the molecule is C/C=C(/C)c1ccc(C2NN(c3ccccc3)CN(c3ccccc3)N2)cc1. The molecule has 28 heavy (non-hydrogen) atoms. The Hall–Kier alpha value is -3.08. The van der Waals surface area contributed by atoms with Crippen molar-refractivity contribution in [1.82, 2.24) is 10.9 Å². The maximum atomic E-state index is 3.61. The van der Waals surface area contributed by atoms with Gasteiger partial charge in [-0.15, -0.1) is 0 Å². The second-order valence-corrected chi connectivity index (χ2v) is 6.95. The third-order valence-electron chi connectivity index (χ3n) is 5.12. The van der Waals surface area contributed by atoms with Crippen molar-refractivity contribution in [2.45, 2.75) is 20.0 Å². The van der Waals surface area contributed by atoms with E-state index in [2.05, 4.69) is 114 Å². The lowest BCUT2D eigenvalue weighted by atomic mass is 10.0. The molecule has 4 heteroatoms. The van der Waals surface area contributed by atoms with E-state index >= 15 is 0 Å². The number of para-hydroxylation sites is 2. The maximum absolute atomic E-state index is 3.61. The lowest BCUT2D eigenvalue weighted by Crippen LogP contribution is -2.62. The second-order valence-electron chi connectivity index (χ2n) is 6.95. The minimum atomic E-state index is -0.0332. The van der Waals surface area contributed by atoms with Crippen LogP contribution >= 0.6 is 0 Å². The van der Waals surface area contributed by atoms with Crippen LogP contribution in [0, 0.1) is 0 Å². The third-order valence-corrected chi connectivity index (χ3v) is 5.12. The van der Waals surface area contributed by atoms with Crippen molar-refractivity contribution < 1.29 is 0 Å². The van der Waals surface area contributed by atoms with Crippen LogP contribution in [0.15, 0.2) is 91.0 Å². The molecule has 0 bridgehead atoms. The highest BCUT2D eigenvalue weighted by molar-refractivity contribution is 5.63. The molecule has 0 radical (unpaired) electrons. The van der Waals surface area contributed by atoms with E-state index < -0.39 is 0 Å². The summed E-state index contributed by atoms with van der Waals surface area (Å²) in [7, 11) is 0. The first-order valence-corrected chi connectivity index (χ1v) is 9.65. The van der Waals surface area contributed by atoms with Gasteiger partial charge >= 0.3 is 0 Å². The van der Waals surface area contributed by atoms with Crippen molar-refractivity contribution >= 4 is 16.9 Å². The molecule has 0 amide bonds. The summed E-state index contributed by atoms with van der Waals surface area (Å²) in [6.07, 6.45) is 2.11. The average Bonchev–Trinajstić information content (AvgIpc) is 2.79. The molecule has 0 atom stereocenters. The van der Waals surface area contributed by atoms with Gasteiger partial charge in [0.25, 0.3) is 0 Å². The first kappa shape index (κ1) is 18.3. The van der Waals surface area contributed by atoms with Gasteiger partial charge in [-0.05, 0) is 54.8 Å². The maximum Gasteiger partial charge on any atom is 0.120 e. The van der Waals surface area contributed by atoms with E-state index in [0.29, 0.717) is 6.67 Å². The number of rotatable bonds is 4. The number of hydrazine groups is 2. The molecule has 142 valence electrons. The molecule has 0 spiro atoms. The summed E-state index contributed by atoms with van der Waals surface area (Å²) < 4.78 is 0. The minimum absolute atomic E-state index is 0.0332. The first-order chi connectivity index (χ1) is 13.7. The minimum Gasteiger partial charge on any atom is -0.286 e. The van der Waals surface area contributed by atoms with E-state index in [1.165, 1.54) is 16.7 Å². The number of nitrogens with zero attached hydrogens (tertiary/aromatic N) is 2. The smallest absolute Gasteiger partial charge is 0.120 e. The predicted octanol–water partition coefficient (Wildman–Crippen LogP) is 5.10. The van der Waals surface area contributed by atoms with Crippen LogP contribution in [0.25, 0.3) is 5.57 Å². The van der Waals surface area contributed by atoms with E-state index in [-0.39, 0.29) is 6.17 Å². The molecule has 0 saturated carbocycles. The van der Waals surface area contributed by atoms with Crippen LogP contribution < -0.4 is 20.9 Å². The lowest BCUT2D eigenvalue weighted by molar-refractivity contribution is 0.348. The van der Waals surface area contributed by atoms with Gasteiger partial charge in [0.1, 0.15) is 12.8 Å². The van der Waals surface area contributed by atoms with E-state index in [0.717, 1.165) is 11.4 Å². The normalized spacial score (nSPS) is 15.7. The van der Waals surface area contributed by atoms with Crippen LogP contribution in [0.5, 0.6) is 0 Å². The van der Waals surface area contributed by atoms with Crippen LogP contribution in [0.3, 0.4) is 0 Å². The fraction of sp³-hybridized carbons (Fsp3) is 0.167. The molecule has 4 nitrogen and oxygen atoms in total. The summed E-state index contributed by atoms with van der Waals surface area (Å²) in [5, 5.41) is 4.36. The largest absolute Gasteiger partial charge is 0.286 e. The number of benzene rings is 3. The summed E-state index contributed by atoms with van der Waals surface area (Å²) in [5.74, 6) is 0. The Morgan fingerprint density at radius 2 is 1.29 bits per heavy atom. The molecular formula is C24H26N4. The van der Waals surface area contributed by atoms with E-state index in [4.69, 9.17) is 0 Å². The standard InChI is InChI=1S/C24H26N4/c1-3-19(2)20-14-16-21(17-15-20)24-25-27(22-10-6-4-7-11-22)18-28(26-24)23-12-8-5-9-13-23/h3-17,24-26H,18H2,1-2H3/b19-3-. The zero-order valence-corrected chi connectivity index (χ0v) is 16.3. The van der Waals surface area contributed by atoms with Crippen LogP contribution in [-0.4, -0.2) is 6.67 Å². The molecular weight excluding hydrogens is 344 g/mol. The molecule has 1 heterocycles. The van der Waals surface area contributed by atoms with Gasteiger partial charge in [-0.1, -0.05) is 66.7 Å². The van der Waals surface area contributed by atoms with Crippen molar-refractivity contribution in [1.29, 1.82) is 0 Å². The first-order valence-electron chi connectivity index (χ1n) is 9.65. The summed E-state index contributed by atoms with van der Waals surface area (Å²) >= 11 is 0. The van der Waals surface area contributed by atoms with E-state index in [9.17, 15) is 0 Å². The number of nitrogens with one attached hydrogen (secondary N) is 2. The van der Waals surface area contributed by atoms with Gasteiger partial charge in [0.2, 0.25) is 0 Å². The molecule has 3 aromatic carbocycles. The summed E-state index contributed by atoms with van der Waals surface area (Å²) in [4.78, 5) is 0. The molecule has 1 saturated heterocycles. The van der Waals surface area contributed by atoms with Gasteiger partial charge in [-0.25, -0.2) is 10.9 Å². The average molecular weight is 370 g/mol. The fourth-order valence-electron chi connectivity index (χ4n) is 3.35. The van der Waals surface area contributed by atoms with Crippen molar-refractivity contribution in [3.8, 4) is 0 Å². The topological polar surface area (TPSA) is 30.5 Å². The van der Waals surface area contributed by atoms with Gasteiger partial charge in [-0.3, -0.25) is 10.0 Å². The monoisotopic (exact) mass is 370 g/mol. The zero-order chi connectivity index (χ0) is 19.3. The van der Waals surface area contributed by atoms with Crippen molar-refractivity contribution in [2.24, 2.45) is 0 Å². The molecule has 2 N–H and O–H groups in total. The highest BCUT2D eigenvalue weighted by Crippen LogP contribution is 2.24. The van der Waals surface area contributed by atoms with Crippen LogP contribution in [0.2, 0.25) is 0 Å². The number of anilines is 2.